The number of fused-ring (bicyclic) bond motifs is 1. The fourth-order valence-electron chi connectivity index (χ4n) is 1.77. The van der Waals surface area contributed by atoms with Gasteiger partial charge in [-0.2, -0.15) is 9.71 Å². The molecule has 0 unspecified atom stereocenters. The van der Waals surface area contributed by atoms with Crippen molar-refractivity contribution in [2.45, 2.75) is 33.3 Å². The van der Waals surface area contributed by atoms with Crippen molar-refractivity contribution in [2.75, 3.05) is 7.11 Å². The van der Waals surface area contributed by atoms with E-state index in [-0.39, 0.29) is 0 Å². The topological polar surface area (TPSA) is 62.6 Å². The van der Waals surface area contributed by atoms with E-state index in [4.69, 9.17) is 14.3 Å². The van der Waals surface area contributed by atoms with Crippen molar-refractivity contribution in [1.82, 2.24) is 9.71 Å². The molecule has 7 heteroatoms. The third-order valence-corrected chi connectivity index (χ3v) is 4.03. The zero-order chi connectivity index (χ0) is 15.8. The molecule has 0 N–H and O–H groups in total. The number of aromatic nitrogens is 2. The molecule has 2 heterocycles. The predicted molar refractivity (Wildman–Crippen MR) is 86.6 cm³/mol. The van der Waals surface area contributed by atoms with Crippen LogP contribution < -0.4 is 9.57 Å². The summed E-state index contributed by atoms with van der Waals surface area (Å²) in [6.07, 6.45) is -0.775. The second-order valence-corrected chi connectivity index (χ2v) is 6.55. The van der Waals surface area contributed by atoms with Gasteiger partial charge in [-0.1, -0.05) is 0 Å². The number of carbonyl (C=O) groups excluding carboxylic acids is 1. The Morgan fingerprint density at radius 2 is 2.00 bits per heavy atom. The van der Waals surface area contributed by atoms with Crippen molar-refractivity contribution in [3.8, 4) is 5.88 Å². The Balaban J connectivity index is 2.43. The standard InChI is InChI=1S/C14H17IN2O4/c1-8-11(15)9-6-7-10(19-5)16-12(9)17(8)21-13(18)20-14(2,3)4/h6-7H,1-5H3. The smallest absolute Gasteiger partial charge is 0.481 e. The molecule has 0 radical (unpaired) electrons. The molecule has 0 aliphatic rings. The van der Waals surface area contributed by atoms with Crippen molar-refractivity contribution >= 4 is 39.8 Å². The summed E-state index contributed by atoms with van der Waals surface area (Å²) in [5, 5.41) is 0.887. The molecule has 2 rings (SSSR count). The van der Waals surface area contributed by atoms with Gasteiger partial charge in [0.05, 0.1) is 12.8 Å². The van der Waals surface area contributed by atoms with Crippen LogP contribution in [0.15, 0.2) is 12.1 Å². The van der Waals surface area contributed by atoms with Crippen LogP contribution in [0, 0.1) is 10.5 Å². The molecule has 6 nitrogen and oxygen atoms in total. The highest BCUT2D eigenvalue weighted by atomic mass is 127. The fourth-order valence-corrected chi connectivity index (χ4v) is 2.41. The Hall–Kier alpha value is -1.51. The third kappa shape index (κ3) is 3.39. The van der Waals surface area contributed by atoms with Crippen LogP contribution in [0.4, 0.5) is 4.79 Å². The Kier molecular flexibility index (Phi) is 4.31. The molecule has 0 saturated heterocycles. The molecule has 0 amide bonds. The van der Waals surface area contributed by atoms with E-state index in [0.717, 1.165) is 14.7 Å². The Bertz CT molecular complexity index is 688. The molecule has 21 heavy (non-hydrogen) atoms. The highest BCUT2D eigenvalue weighted by molar-refractivity contribution is 14.1. The van der Waals surface area contributed by atoms with Crippen LogP contribution in [0.2, 0.25) is 0 Å². The molecule has 0 spiro atoms. The lowest BCUT2D eigenvalue weighted by Gasteiger charge is -2.19. The molecule has 2 aromatic rings. The van der Waals surface area contributed by atoms with Gasteiger partial charge in [-0.05, 0) is 56.4 Å². The van der Waals surface area contributed by atoms with E-state index in [1.165, 1.54) is 11.8 Å². The number of ether oxygens (including phenoxy) is 2. The monoisotopic (exact) mass is 404 g/mol. The van der Waals surface area contributed by atoms with E-state index in [1.54, 1.807) is 26.8 Å². The number of carbonyl (C=O) groups is 1. The highest BCUT2D eigenvalue weighted by Gasteiger charge is 2.22. The molecule has 2 aromatic heterocycles. The summed E-state index contributed by atoms with van der Waals surface area (Å²) in [5.74, 6) is 0.449. The Morgan fingerprint density at radius 3 is 2.57 bits per heavy atom. The summed E-state index contributed by atoms with van der Waals surface area (Å²) in [6.45, 7) is 7.18. The number of methoxy groups -OCH3 is 1. The first-order valence-corrected chi connectivity index (χ1v) is 7.43. The van der Waals surface area contributed by atoms with Gasteiger partial charge in [-0.25, -0.2) is 4.79 Å². The van der Waals surface area contributed by atoms with Gasteiger partial charge >= 0.3 is 6.16 Å². The maximum Gasteiger partial charge on any atom is 0.534 e. The third-order valence-electron chi connectivity index (χ3n) is 2.67. The fraction of sp³-hybridized carbons (Fsp3) is 0.429. The van der Waals surface area contributed by atoms with E-state index in [9.17, 15) is 4.79 Å². The molecular formula is C14H17IN2O4. The van der Waals surface area contributed by atoms with E-state index in [2.05, 4.69) is 27.6 Å². The zero-order valence-corrected chi connectivity index (χ0v) is 14.7. The lowest BCUT2D eigenvalue weighted by atomic mass is 10.2. The lowest BCUT2D eigenvalue weighted by Crippen LogP contribution is -2.30. The van der Waals surface area contributed by atoms with E-state index >= 15 is 0 Å². The minimum atomic E-state index is -0.775. The van der Waals surface area contributed by atoms with Crippen molar-refractivity contribution in [1.29, 1.82) is 0 Å². The quantitative estimate of drug-likeness (QED) is 0.568. The number of nitrogens with zero attached hydrogens (tertiary/aromatic N) is 2. The van der Waals surface area contributed by atoms with Gasteiger partial charge in [0.2, 0.25) is 5.88 Å². The van der Waals surface area contributed by atoms with Crippen molar-refractivity contribution in [2.24, 2.45) is 0 Å². The summed E-state index contributed by atoms with van der Waals surface area (Å²) in [6, 6.07) is 3.65. The molecule has 0 atom stereocenters. The van der Waals surface area contributed by atoms with Gasteiger partial charge in [0.1, 0.15) is 5.60 Å². The minimum Gasteiger partial charge on any atom is -0.481 e. The molecular weight excluding hydrogens is 387 g/mol. The first kappa shape index (κ1) is 15.9. The highest BCUT2D eigenvalue weighted by Crippen LogP contribution is 2.27. The van der Waals surface area contributed by atoms with Crippen LogP contribution >= 0.6 is 22.6 Å². The maximum atomic E-state index is 11.9. The summed E-state index contributed by atoms with van der Waals surface area (Å²) in [4.78, 5) is 21.5. The second-order valence-electron chi connectivity index (χ2n) is 5.47. The van der Waals surface area contributed by atoms with Crippen LogP contribution in [-0.4, -0.2) is 28.6 Å². The van der Waals surface area contributed by atoms with Gasteiger partial charge in [-0.3, -0.25) is 4.84 Å². The Morgan fingerprint density at radius 1 is 1.33 bits per heavy atom. The average Bonchev–Trinajstić information content (AvgIpc) is 2.61. The van der Waals surface area contributed by atoms with Gasteiger partial charge < -0.3 is 9.47 Å². The van der Waals surface area contributed by atoms with Crippen molar-refractivity contribution in [3.05, 3.63) is 21.4 Å². The lowest BCUT2D eigenvalue weighted by molar-refractivity contribution is -0.00994. The van der Waals surface area contributed by atoms with E-state index < -0.39 is 11.8 Å². The van der Waals surface area contributed by atoms with Crippen LogP contribution in [-0.2, 0) is 4.74 Å². The first-order chi connectivity index (χ1) is 9.73. The molecule has 0 fully saturated rings. The molecule has 0 aliphatic heterocycles. The number of halogens is 1. The summed E-state index contributed by atoms with van der Waals surface area (Å²) >= 11 is 2.19. The van der Waals surface area contributed by atoms with Crippen LogP contribution in [0.5, 0.6) is 5.88 Å². The first-order valence-electron chi connectivity index (χ1n) is 6.36. The predicted octanol–water partition coefficient (Wildman–Crippen LogP) is 3.32. The molecule has 114 valence electrons. The summed E-state index contributed by atoms with van der Waals surface area (Å²) in [7, 11) is 1.54. The molecule has 0 aliphatic carbocycles. The summed E-state index contributed by atoms with van der Waals surface area (Å²) < 4.78 is 12.6. The average molecular weight is 404 g/mol. The van der Waals surface area contributed by atoms with Crippen molar-refractivity contribution in [3.63, 3.8) is 0 Å². The van der Waals surface area contributed by atoms with Gasteiger partial charge in [0.15, 0.2) is 5.65 Å². The van der Waals surface area contributed by atoms with Gasteiger partial charge in [0, 0.05) is 15.0 Å². The van der Waals surface area contributed by atoms with Crippen LogP contribution in [0.1, 0.15) is 26.5 Å². The molecule has 0 bridgehead atoms. The number of pyridine rings is 1. The minimum absolute atomic E-state index is 0.449. The molecule has 0 aromatic carbocycles. The van der Waals surface area contributed by atoms with Crippen molar-refractivity contribution < 1.29 is 19.1 Å². The largest absolute Gasteiger partial charge is 0.534 e. The Labute approximate surface area is 136 Å². The second kappa shape index (κ2) is 5.70. The zero-order valence-electron chi connectivity index (χ0n) is 12.6. The van der Waals surface area contributed by atoms with Gasteiger partial charge in [-0.15, -0.1) is 0 Å². The van der Waals surface area contributed by atoms with Gasteiger partial charge in [0.25, 0.3) is 0 Å². The summed E-state index contributed by atoms with van der Waals surface area (Å²) in [5.41, 5.74) is 0.672. The van der Waals surface area contributed by atoms with Crippen LogP contribution in [0.25, 0.3) is 11.0 Å². The number of rotatable bonds is 2. The number of hydrogen-bond acceptors (Lipinski definition) is 5. The SMILES string of the molecule is COc1ccc2c(I)c(C)n(OC(=O)OC(C)(C)C)c2n1. The molecule has 0 saturated carbocycles. The number of hydrogen-bond donors (Lipinski definition) is 0. The van der Waals surface area contributed by atoms with E-state index in [1.807, 2.05) is 13.0 Å². The van der Waals surface area contributed by atoms with E-state index in [0.29, 0.717) is 11.5 Å². The maximum absolute atomic E-state index is 11.9. The van der Waals surface area contributed by atoms with Crippen LogP contribution in [0.3, 0.4) is 0 Å². The normalized spacial score (nSPS) is 11.5.